The summed E-state index contributed by atoms with van der Waals surface area (Å²) >= 11 is 1.64. The fourth-order valence-corrected chi connectivity index (χ4v) is 3.33. The number of nitrogens with two attached hydrogens (primary N) is 1. The first-order valence-corrected chi connectivity index (χ1v) is 5.76. The summed E-state index contributed by atoms with van der Waals surface area (Å²) in [7, 11) is 1.99. The number of rotatable bonds is 1. The third-order valence-corrected chi connectivity index (χ3v) is 3.72. The first-order chi connectivity index (χ1) is 6.52. The zero-order valence-electron chi connectivity index (χ0n) is 8.92. The first-order valence-electron chi connectivity index (χ1n) is 4.94. The van der Waals surface area contributed by atoms with Gasteiger partial charge in [-0.15, -0.1) is 11.3 Å². The van der Waals surface area contributed by atoms with Crippen molar-refractivity contribution >= 4 is 16.5 Å². The van der Waals surface area contributed by atoms with E-state index in [1.54, 1.807) is 11.3 Å². The van der Waals surface area contributed by atoms with E-state index in [4.69, 9.17) is 5.73 Å². The molecule has 0 saturated heterocycles. The third-order valence-electron chi connectivity index (χ3n) is 2.82. The van der Waals surface area contributed by atoms with Gasteiger partial charge in [-0.1, -0.05) is 13.8 Å². The van der Waals surface area contributed by atoms with Gasteiger partial charge in [-0.05, 0) is 25.3 Å². The minimum Gasteiger partial charge on any atom is -0.375 e. The van der Waals surface area contributed by atoms with Crippen LogP contribution in [0.1, 0.15) is 36.9 Å². The lowest BCUT2D eigenvalue weighted by Crippen LogP contribution is -2.31. The Hall–Kier alpha value is -0.610. The topological polar surface area (TPSA) is 50.9 Å². The molecule has 0 aromatic carbocycles. The molecule has 0 radical (unpaired) electrons. The Morgan fingerprint density at radius 1 is 1.57 bits per heavy atom. The second-order valence-corrected chi connectivity index (χ2v) is 5.86. The molecule has 0 amide bonds. The molecule has 1 aromatic heterocycles. The first kappa shape index (κ1) is 9.93. The molecule has 1 aromatic rings. The van der Waals surface area contributed by atoms with Gasteiger partial charge in [-0.2, -0.15) is 0 Å². The molecule has 0 spiro atoms. The average molecular weight is 211 g/mol. The van der Waals surface area contributed by atoms with Crippen LogP contribution in [0.5, 0.6) is 0 Å². The number of anilines is 1. The molecular weight excluding hydrogens is 194 g/mol. The molecule has 14 heavy (non-hydrogen) atoms. The molecule has 1 unspecified atom stereocenters. The maximum absolute atomic E-state index is 5.74. The molecule has 2 rings (SSSR count). The summed E-state index contributed by atoms with van der Waals surface area (Å²) in [5.74, 6) is 0. The van der Waals surface area contributed by atoms with Crippen molar-refractivity contribution in [2.75, 3.05) is 12.8 Å². The zero-order chi connectivity index (χ0) is 10.3. The Bertz CT molecular complexity index is 343. The van der Waals surface area contributed by atoms with Gasteiger partial charge in [0.1, 0.15) is 0 Å². The quantitative estimate of drug-likeness (QED) is 0.746. The number of nitrogens with one attached hydrogen (secondary N) is 1. The van der Waals surface area contributed by atoms with Crippen LogP contribution in [0, 0.1) is 5.41 Å². The number of hydrogen-bond acceptors (Lipinski definition) is 4. The maximum Gasteiger partial charge on any atom is 0.180 e. The summed E-state index contributed by atoms with van der Waals surface area (Å²) in [4.78, 5) is 5.76. The van der Waals surface area contributed by atoms with Gasteiger partial charge in [0.2, 0.25) is 0 Å². The van der Waals surface area contributed by atoms with E-state index >= 15 is 0 Å². The number of thiazole rings is 1. The standard InChI is InChI=1S/C10H17N3S/c1-10(2)4-6(12-3)8-7(5-10)14-9(11)13-8/h6,12H,4-5H2,1-3H3,(H2,11,13). The summed E-state index contributed by atoms with van der Waals surface area (Å²) in [6.45, 7) is 4.60. The predicted octanol–water partition coefficient (Wildman–Crippen LogP) is 1.96. The van der Waals surface area contributed by atoms with Crippen LogP contribution < -0.4 is 11.1 Å². The highest BCUT2D eigenvalue weighted by atomic mass is 32.1. The van der Waals surface area contributed by atoms with Crippen LogP contribution in [-0.2, 0) is 6.42 Å². The average Bonchev–Trinajstić information content (AvgIpc) is 2.41. The smallest absolute Gasteiger partial charge is 0.180 e. The van der Waals surface area contributed by atoms with E-state index in [0.717, 1.165) is 12.8 Å². The summed E-state index contributed by atoms with van der Waals surface area (Å²) in [5, 5.41) is 4.02. The summed E-state index contributed by atoms with van der Waals surface area (Å²) < 4.78 is 0. The van der Waals surface area contributed by atoms with Gasteiger partial charge in [0, 0.05) is 4.88 Å². The Balaban J connectivity index is 2.40. The number of nitrogen functional groups attached to an aromatic ring is 1. The minimum absolute atomic E-state index is 0.361. The van der Waals surface area contributed by atoms with E-state index in [1.165, 1.54) is 10.6 Å². The van der Waals surface area contributed by atoms with Crippen LogP contribution in [0.4, 0.5) is 5.13 Å². The van der Waals surface area contributed by atoms with Crippen LogP contribution in [0.25, 0.3) is 0 Å². The molecule has 1 atom stereocenters. The fraction of sp³-hybridized carbons (Fsp3) is 0.700. The van der Waals surface area contributed by atoms with E-state index in [1.807, 2.05) is 7.05 Å². The molecule has 78 valence electrons. The third kappa shape index (κ3) is 1.64. The fourth-order valence-electron chi connectivity index (χ4n) is 2.18. The molecule has 3 N–H and O–H groups in total. The monoisotopic (exact) mass is 211 g/mol. The summed E-state index contributed by atoms with van der Waals surface area (Å²) in [6.07, 6.45) is 2.25. The van der Waals surface area contributed by atoms with Gasteiger partial charge in [0.25, 0.3) is 0 Å². The van der Waals surface area contributed by atoms with Crippen LogP contribution in [-0.4, -0.2) is 12.0 Å². The Kier molecular flexibility index (Phi) is 2.27. The van der Waals surface area contributed by atoms with Crippen molar-refractivity contribution in [3.8, 4) is 0 Å². The lowest BCUT2D eigenvalue weighted by atomic mass is 9.76. The number of aromatic nitrogens is 1. The van der Waals surface area contributed by atoms with Crippen molar-refractivity contribution in [2.24, 2.45) is 5.41 Å². The van der Waals surface area contributed by atoms with Crippen molar-refractivity contribution in [3.05, 3.63) is 10.6 Å². The largest absolute Gasteiger partial charge is 0.375 e. The highest BCUT2D eigenvalue weighted by molar-refractivity contribution is 7.15. The molecule has 0 bridgehead atoms. The van der Waals surface area contributed by atoms with Crippen molar-refractivity contribution in [2.45, 2.75) is 32.7 Å². The zero-order valence-corrected chi connectivity index (χ0v) is 9.74. The van der Waals surface area contributed by atoms with Crippen molar-refractivity contribution in [1.29, 1.82) is 0 Å². The molecule has 3 nitrogen and oxygen atoms in total. The molecule has 1 aliphatic carbocycles. The molecule has 1 heterocycles. The summed E-state index contributed by atoms with van der Waals surface area (Å²) in [6, 6.07) is 0.377. The molecule has 0 saturated carbocycles. The molecule has 0 fully saturated rings. The molecule has 0 aliphatic heterocycles. The van der Waals surface area contributed by atoms with E-state index in [0.29, 0.717) is 16.6 Å². The number of nitrogens with zero attached hydrogens (tertiary/aromatic N) is 1. The van der Waals surface area contributed by atoms with Crippen LogP contribution in [0.2, 0.25) is 0 Å². The highest BCUT2D eigenvalue weighted by Crippen LogP contribution is 2.42. The van der Waals surface area contributed by atoms with Crippen molar-refractivity contribution in [1.82, 2.24) is 10.3 Å². The summed E-state index contributed by atoms with van der Waals surface area (Å²) in [5.41, 5.74) is 7.28. The van der Waals surface area contributed by atoms with Crippen LogP contribution in [0.15, 0.2) is 0 Å². The van der Waals surface area contributed by atoms with E-state index in [9.17, 15) is 0 Å². The molecular formula is C10H17N3S. The van der Waals surface area contributed by atoms with Crippen molar-refractivity contribution in [3.63, 3.8) is 0 Å². The van der Waals surface area contributed by atoms with Gasteiger partial charge in [0.05, 0.1) is 11.7 Å². The second-order valence-electron chi connectivity index (χ2n) is 4.75. The second kappa shape index (κ2) is 3.21. The SMILES string of the molecule is CNC1CC(C)(C)Cc2sc(N)nc21. The van der Waals surface area contributed by atoms with E-state index in [2.05, 4.69) is 24.1 Å². The Labute approximate surface area is 88.7 Å². The molecule has 1 aliphatic rings. The van der Waals surface area contributed by atoms with Crippen LogP contribution >= 0.6 is 11.3 Å². The Morgan fingerprint density at radius 2 is 2.29 bits per heavy atom. The van der Waals surface area contributed by atoms with Gasteiger partial charge < -0.3 is 11.1 Å². The van der Waals surface area contributed by atoms with Gasteiger partial charge in [-0.3, -0.25) is 0 Å². The van der Waals surface area contributed by atoms with Gasteiger partial charge >= 0.3 is 0 Å². The van der Waals surface area contributed by atoms with Gasteiger partial charge in [-0.25, -0.2) is 4.98 Å². The number of hydrogen-bond donors (Lipinski definition) is 2. The minimum atomic E-state index is 0.361. The predicted molar refractivity (Wildman–Crippen MR) is 60.4 cm³/mol. The van der Waals surface area contributed by atoms with E-state index in [-0.39, 0.29) is 0 Å². The number of fused-ring (bicyclic) bond motifs is 1. The molecule has 4 heteroatoms. The van der Waals surface area contributed by atoms with E-state index < -0.39 is 0 Å². The lowest BCUT2D eigenvalue weighted by molar-refractivity contribution is 0.265. The maximum atomic E-state index is 5.74. The lowest BCUT2D eigenvalue weighted by Gasteiger charge is -2.33. The van der Waals surface area contributed by atoms with Crippen molar-refractivity contribution < 1.29 is 0 Å². The van der Waals surface area contributed by atoms with Crippen LogP contribution in [0.3, 0.4) is 0 Å². The van der Waals surface area contributed by atoms with Gasteiger partial charge in [0.15, 0.2) is 5.13 Å². The Morgan fingerprint density at radius 3 is 2.93 bits per heavy atom. The normalized spacial score (nSPS) is 24.6. The highest BCUT2D eigenvalue weighted by Gasteiger charge is 2.33.